The lowest BCUT2D eigenvalue weighted by molar-refractivity contribution is 0.475. The van der Waals surface area contributed by atoms with E-state index in [1.807, 2.05) is 12.1 Å². The highest BCUT2D eigenvalue weighted by molar-refractivity contribution is 7.17. The van der Waals surface area contributed by atoms with Crippen molar-refractivity contribution in [2.45, 2.75) is 25.7 Å². The second-order valence-corrected chi connectivity index (χ2v) is 7.78. The maximum atomic E-state index is 9.74. The van der Waals surface area contributed by atoms with Gasteiger partial charge in [0.1, 0.15) is 22.7 Å². The molecule has 134 valence electrons. The van der Waals surface area contributed by atoms with Crippen LogP contribution < -0.4 is 5.32 Å². The van der Waals surface area contributed by atoms with Crippen molar-refractivity contribution in [3.63, 3.8) is 0 Å². The van der Waals surface area contributed by atoms with Crippen molar-refractivity contribution in [3.05, 3.63) is 65.3 Å². The Morgan fingerprint density at radius 1 is 0.963 bits per heavy atom. The van der Waals surface area contributed by atoms with Crippen LogP contribution >= 0.6 is 11.3 Å². The lowest BCUT2D eigenvalue weighted by Gasteiger charge is -2.16. The number of aromatic hydroxyl groups is 1. The number of fused-ring (bicyclic) bond motifs is 2. The molecular formula is C22H19N3OS. The third-order valence-electron chi connectivity index (χ3n) is 5.14. The number of anilines is 2. The van der Waals surface area contributed by atoms with E-state index in [-0.39, 0.29) is 5.75 Å². The summed E-state index contributed by atoms with van der Waals surface area (Å²) in [6.45, 7) is 0. The second kappa shape index (κ2) is 6.67. The minimum absolute atomic E-state index is 0.227. The molecule has 0 saturated heterocycles. The number of aromatic nitrogens is 2. The molecule has 1 aliphatic rings. The molecule has 0 unspecified atom stereocenters. The summed E-state index contributed by atoms with van der Waals surface area (Å²) in [6.07, 6.45) is 6.50. The van der Waals surface area contributed by atoms with Gasteiger partial charge in [-0.25, -0.2) is 9.97 Å². The molecule has 5 rings (SSSR count). The number of phenolic OH excluding ortho intramolecular Hbond substituents is 1. The number of nitrogens with zero attached hydrogens (tertiary/aromatic N) is 2. The van der Waals surface area contributed by atoms with Crippen molar-refractivity contribution in [2.24, 2.45) is 0 Å². The zero-order valence-corrected chi connectivity index (χ0v) is 15.6. The highest BCUT2D eigenvalue weighted by Gasteiger charge is 2.16. The third kappa shape index (κ3) is 3.04. The van der Waals surface area contributed by atoms with Crippen molar-refractivity contribution in [2.75, 3.05) is 5.32 Å². The fourth-order valence-corrected chi connectivity index (χ4v) is 4.72. The smallest absolute Gasteiger partial charge is 0.143 e. The number of phenols is 1. The average molecular weight is 373 g/mol. The van der Waals surface area contributed by atoms with Gasteiger partial charge in [-0.3, -0.25) is 0 Å². The van der Waals surface area contributed by atoms with Gasteiger partial charge in [0, 0.05) is 22.7 Å². The number of aryl methyl sites for hydroxylation is 2. The monoisotopic (exact) mass is 373 g/mol. The maximum absolute atomic E-state index is 9.74. The van der Waals surface area contributed by atoms with Gasteiger partial charge in [0.15, 0.2) is 0 Å². The van der Waals surface area contributed by atoms with Crippen molar-refractivity contribution in [1.82, 2.24) is 9.97 Å². The molecule has 2 aromatic heterocycles. The molecule has 0 fully saturated rings. The molecule has 0 aliphatic heterocycles. The van der Waals surface area contributed by atoms with Crippen molar-refractivity contribution < 1.29 is 5.11 Å². The van der Waals surface area contributed by atoms with Gasteiger partial charge in [0.05, 0.1) is 5.39 Å². The number of nitrogens with one attached hydrogen (secondary N) is 1. The minimum Gasteiger partial charge on any atom is -0.508 e. The summed E-state index contributed by atoms with van der Waals surface area (Å²) in [5.41, 5.74) is 6.14. The lowest BCUT2D eigenvalue weighted by atomic mass is 9.89. The molecule has 5 heteroatoms. The molecular weight excluding hydrogens is 354 g/mol. The average Bonchev–Trinajstić information content (AvgIpc) is 3.13. The Hall–Kier alpha value is -2.92. The van der Waals surface area contributed by atoms with Gasteiger partial charge in [0.25, 0.3) is 0 Å². The van der Waals surface area contributed by atoms with Crippen LogP contribution in [0.5, 0.6) is 5.75 Å². The Labute approximate surface area is 161 Å². The summed E-state index contributed by atoms with van der Waals surface area (Å²) in [5, 5.41) is 16.3. The van der Waals surface area contributed by atoms with Gasteiger partial charge in [-0.05, 0) is 54.5 Å². The summed E-state index contributed by atoms with van der Waals surface area (Å²) >= 11 is 1.63. The predicted molar refractivity (Wildman–Crippen MR) is 111 cm³/mol. The quantitative estimate of drug-likeness (QED) is 0.485. The fourth-order valence-electron chi connectivity index (χ4n) is 3.80. The molecule has 4 aromatic rings. The van der Waals surface area contributed by atoms with Crippen LogP contribution in [0.15, 0.2) is 54.2 Å². The molecule has 0 spiro atoms. The van der Waals surface area contributed by atoms with E-state index in [9.17, 15) is 5.11 Å². The van der Waals surface area contributed by atoms with Gasteiger partial charge in [-0.2, -0.15) is 0 Å². The maximum Gasteiger partial charge on any atom is 0.143 e. The lowest BCUT2D eigenvalue weighted by Crippen LogP contribution is -2.02. The summed E-state index contributed by atoms with van der Waals surface area (Å²) in [4.78, 5) is 9.89. The third-order valence-corrected chi connectivity index (χ3v) is 6.02. The standard InChI is InChI=1S/C22H19N3OS/c26-18-7-3-6-17(11-18)25-21-20-19(12-27-22(20)24-13-23-21)16-9-8-14-4-1-2-5-15(14)10-16/h3,6-13,26H,1-2,4-5H2,(H,23,24,25). The Morgan fingerprint density at radius 3 is 2.74 bits per heavy atom. The van der Waals surface area contributed by atoms with E-state index in [4.69, 9.17) is 0 Å². The van der Waals surface area contributed by atoms with Crippen LogP contribution in [-0.2, 0) is 12.8 Å². The molecule has 0 saturated carbocycles. The topological polar surface area (TPSA) is 58.0 Å². The van der Waals surface area contributed by atoms with E-state index in [2.05, 4.69) is 38.9 Å². The number of thiophene rings is 1. The van der Waals surface area contributed by atoms with Crippen LogP contribution in [0, 0.1) is 0 Å². The first-order chi connectivity index (χ1) is 13.3. The molecule has 2 aromatic carbocycles. The van der Waals surface area contributed by atoms with Gasteiger partial charge >= 0.3 is 0 Å². The van der Waals surface area contributed by atoms with E-state index in [0.717, 1.165) is 33.7 Å². The molecule has 0 bridgehead atoms. The summed E-state index contributed by atoms with van der Waals surface area (Å²) in [5.74, 6) is 0.991. The zero-order chi connectivity index (χ0) is 18.2. The Kier molecular flexibility index (Phi) is 4.02. The Balaban J connectivity index is 1.61. The largest absolute Gasteiger partial charge is 0.508 e. The fraction of sp³-hybridized carbons (Fsp3) is 0.182. The highest BCUT2D eigenvalue weighted by atomic mass is 32.1. The molecule has 1 aliphatic carbocycles. The van der Waals surface area contributed by atoms with Gasteiger partial charge in [-0.15, -0.1) is 11.3 Å². The van der Waals surface area contributed by atoms with Crippen molar-refractivity contribution >= 4 is 33.1 Å². The van der Waals surface area contributed by atoms with E-state index < -0.39 is 0 Å². The van der Waals surface area contributed by atoms with Gasteiger partial charge in [-0.1, -0.05) is 24.3 Å². The van der Waals surface area contributed by atoms with Crippen LogP contribution in [0.2, 0.25) is 0 Å². The van der Waals surface area contributed by atoms with Crippen molar-refractivity contribution in [3.8, 4) is 16.9 Å². The Bertz CT molecular complexity index is 1140. The highest BCUT2D eigenvalue weighted by Crippen LogP contribution is 2.38. The molecule has 2 N–H and O–H groups in total. The molecule has 2 heterocycles. The summed E-state index contributed by atoms with van der Waals surface area (Å²) in [6, 6.07) is 13.9. The molecule has 0 atom stereocenters. The minimum atomic E-state index is 0.227. The van der Waals surface area contributed by atoms with Crippen LogP contribution in [0.1, 0.15) is 24.0 Å². The van der Waals surface area contributed by atoms with Gasteiger partial charge in [0.2, 0.25) is 0 Å². The number of hydrogen-bond acceptors (Lipinski definition) is 5. The molecule has 0 radical (unpaired) electrons. The Morgan fingerprint density at radius 2 is 1.85 bits per heavy atom. The van der Waals surface area contributed by atoms with Crippen LogP contribution in [0.4, 0.5) is 11.5 Å². The summed E-state index contributed by atoms with van der Waals surface area (Å²) < 4.78 is 0. The van der Waals surface area contributed by atoms with Gasteiger partial charge < -0.3 is 10.4 Å². The van der Waals surface area contributed by atoms with Crippen molar-refractivity contribution in [1.29, 1.82) is 0 Å². The number of hydrogen-bond donors (Lipinski definition) is 2. The molecule has 27 heavy (non-hydrogen) atoms. The normalized spacial score (nSPS) is 13.5. The van der Waals surface area contributed by atoms with Crippen LogP contribution in [0.25, 0.3) is 21.3 Å². The predicted octanol–water partition coefficient (Wildman–Crippen LogP) is 5.69. The first kappa shape index (κ1) is 16.3. The molecule has 0 amide bonds. The second-order valence-electron chi connectivity index (χ2n) is 6.92. The van der Waals surface area contributed by atoms with Crippen LogP contribution in [0.3, 0.4) is 0 Å². The molecule has 4 nitrogen and oxygen atoms in total. The van der Waals surface area contributed by atoms with E-state index in [1.54, 1.807) is 29.8 Å². The van der Waals surface area contributed by atoms with E-state index in [1.165, 1.54) is 36.0 Å². The first-order valence-electron chi connectivity index (χ1n) is 9.18. The van der Waals surface area contributed by atoms with E-state index >= 15 is 0 Å². The van der Waals surface area contributed by atoms with E-state index in [0.29, 0.717) is 0 Å². The number of rotatable bonds is 3. The first-order valence-corrected chi connectivity index (χ1v) is 10.1. The SMILES string of the molecule is Oc1cccc(Nc2ncnc3scc(-c4ccc5c(c4)CCCC5)c23)c1. The number of benzene rings is 2. The van der Waals surface area contributed by atoms with Crippen LogP contribution in [-0.4, -0.2) is 15.1 Å². The summed E-state index contributed by atoms with van der Waals surface area (Å²) in [7, 11) is 0. The zero-order valence-electron chi connectivity index (χ0n) is 14.8.